The second-order valence-electron chi connectivity index (χ2n) is 6.19. The quantitative estimate of drug-likeness (QED) is 0.846. The van der Waals surface area contributed by atoms with Crippen molar-refractivity contribution in [3.05, 3.63) is 59.2 Å². The van der Waals surface area contributed by atoms with Gasteiger partial charge in [0.25, 0.3) is 0 Å². The van der Waals surface area contributed by atoms with Crippen LogP contribution in [-0.4, -0.2) is 37.6 Å². The molecule has 128 valence electrons. The number of nitrogens with one attached hydrogen (secondary N) is 1. The van der Waals surface area contributed by atoms with Crippen molar-refractivity contribution in [1.82, 2.24) is 4.90 Å². The number of hydrogen-bond acceptors (Lipinski definition) is 3. The zero-order chi connectivity index (χ0) is 17.5. The molecule has 0 atom stereocenters. The van der Waals surface area contributed by atoms with Crippen LogP contribution in [0.2, 0.25) is 0 Å². The van der Waals surface area contributed by atoms with Crippen LogP contribution < -0.4 is 10.1 Å². The molecule has 2 aromatic rings. The monoisotopic (exact) mass is 326 g/mol. The van der Waals surface area contributed by atoms with Crippen LogP contribution in [0.15, 0.2) is 42.5 Å². The third-order valence-electron chi connectivity index (χ3n) is 4.05. The van der Waals surface area contributed by atoms with E-state index in [-0.39, 0.29) is 5.91 Å². The van der Waals surface area contributed by atoms with E-state index in [1.54, 1.807) is 0 Å². The summed E-state index contributed by atoms with van der Waals surface area (Å²) < 4.78 is 5.69. The van der Waals surface area contributed by atoms with E-state index in [1.807, 2.05) is 75.2 Å². The van der Waals surface area contributed by atoms with Gasteiger partial charge in [0.15, 0.2) is 0 Å². The molecule has 0 bridgehead atoms. The molecule has 0 saturated carbocycles. The highest BCUT2D eigenvalue weighted by Crippen LogP contribution is 2.17. The standard InChI is InChI=1S/C20H26N2O2/c1-15-8-10-18(11-9-15)24-13-12-22(4)14-20(23)21-19-7-5-6-16(2)17(19)3/h5-11H,12-14H2,1-4H3,(H,21,23). The fourth-order valence-electron chi connectivity index (χ4n) is 2.35. The molecule has 4 nitrogen and oxygen atoms in total. The summed E-state index contributed by atoms with van der Waals surface area (Å²) in [4.78, 5) is 14.1. The van der Waals surface area contributed by atoms with Gasteiger partial charge in [-0.15, -0.1) is 0 Å². The Labute approximate surface area is 144 Å². The number of rotatable bonds is 7. The van der Waals surface area contributed by atoms with E-state index in [0.29, 0.717) is 19.7 Å². The van der Waals surface area contributed by atoms with E-state index in [0.717, 1.165) is 17.0 Å². The molecule has 0 aliphatic carbocycles. The molecule has 2 aromatic carbocycles. The Kier molecular flexibility index (Phi) is 6.38. The molecule has 0 aliphatic rings. The summed E-state index contributed by atoms with van der Waals surface area (Å²) in [6, 6.07) is 13.9. The number of carbonyl (C=O) groups excluding carboxylic acids is 1. The Morgan fingerprint density at radius 1 is 1.08 bits per heavy atom. The molecule has 0 heterocycles. The third kappa shape index (κ3) is 5.39. The number of likely N-dealkylation sites (N-methyl/N-ethyl adjacent to an activating group) is 1. The van der Waals surface area contributed by atoms with Gasteiger partial charge in [0, 0.05) is 12.2 Å². The van der Waals surface area contributed by atoms with Crippen molar-refractivity contribution in [2.75, 3.05) is 32.1 Å². The molecule has 0 aromatic heterocycles. The maximum absolute atomic E-state index is 12.2. The molecule has 0 radical (unpaired) electrons. The van der Waals surface area contributed by atoms with E-state index in [2.05, 4.69) is 5.32 Å². The third-order valence-corrected chi connectivity index (χ3v) is 4.05. The number of ether oxygens (including phenoxy) is 1. The van der Waals surface area contributed by atoms with Crippen molar-refractivity contribution in [2.24, 2.45) is 0 Å². The molecule has 1 amide bonds. The smallest absolute Gasteiger partial charge is 0.238 e. The molecular weight excluding hydrogens is 300 g/mol. The van der Waals surface area contributed by atoms with Gasteiger partial charge in [-0.05, 0) is 57.1 Å². The lowest BCUT2D eigenvalue weighted by Crippen LogP contribution is -2.33. The van der Waals surface area contributed by atoms with Crippen molar-refractivity contribution < 1.29 is 9.53 Å². The number of benzene rings is 2. The van der Waals surface area contributed by atoms with Gasteiger partial charge >= 0.3 is 0 Å². The summed E-state index contributed by atoms with van der Waals surface area (Å²) in [5.74, 6) is 0.843. The van der Waals surface area contributed by atoms with Crippen molar-refractivity contribution in [2.45, 2.75) is 20.8 Å². The first-order valence-electron chi connectivity index (χ1n) is 8.20. The summed E-state index contributed by atoms with van der Waals surface area (Å²) in [6.07, 6.45) is 0. The highest BCUT2D eigenvalue weighted by atomic mass is 16.5. The molecule has 0 spiro atoms. The first-order valence-corrected chi connectivity index (χ1v) is 8.20. The largest absolute Gasteiger partial charge is 0.492 e. The summed E-state index contributed by atoms with van der Waals surface area (Å²) in [7, 11) is 1.92. The van der Waals surface area contributed by atoms with Crippen LogP contribution in [0.5, 0.6) is 5.75 Å². The van der Waals surface area contributed by atoms with Crippen LogP contribution in [0, 0.1) is 20.8 Å². The Morgan fingerprint density at radius 2 is 1.79 bits per heavy atom. The molecule has 24 heavy (non-hydrogen) atoms. The van der Waals surface area contributed by atoms with Crippen LogP contribution in [-0.2, 0) is 4.79 Å². The van der Waals surface area contributed by atoms with E-state index in [9.17, 15) is 4.79 Å². The first-order chi connectivity index (χ1) is 11.5. The van der Waals surface area contributed by atoms with E-state index >= 15 is 0 Å². The second-order valence-corrected chi connectivity index (χ2v) is 6.19. The van der Waals surface area contributed by atoms with E-state index in [1.165, 1.54) is 11.1 Å². The molecule has 4 heteroatoms. The van der Waals surface area contributed by atoms with Gasteiger partial charge in [-0.3, -0.25) is 9.69 Å². The SMILES string of the molecule is Cc1ccc(OCCN(C)CC(=O)Nc2cccc(C)c2C)cc1. The number of nitrogens with zero attached hydrogens (tertiary/aromatic N) is 1. The van der Waals surface area contributed by atoms with E-state index < -0.39 is 0 Å². The van der Waals surface area contributed by atoms with Gasteiger partial charge in [0.1, 0.15) is 12.4 Å². The molecule has 0 aliphatic heterocycles. The van der Waals surface area contributed by atoms with E-state index in [4.69, 9.17) is 4.74 Å². The van der Waals surface area contributed by atoms with Gasteiger partial charge in [-0.1, -0.05) is 29.8 Å². The Hall–Kier alpha value is -2.33. The average molecular weight is 326 g/mol. The number of hydrogen-bond donors (Lipinski definition) is 1. The molecule has 0 unspecified atom stereocenters. The zero-order valence-corrected chi connectivity index (χ0v) is 14.9. The normalized spacial score (nSPS) is 10.7. The lowest BCUT2D eigenvalue weighted by atomic mass is 10.1. The molecule has 0 fully saturated rings. The van der Waals surface area contributed by atoms with Crippen molar-refractivity contribution >= 4 is 11.6 Å². The average Bonchev–Trinajstić information content (AvgIpc) is 2.53. The fraction of sp³-hybridized carbons (Fsp3) is 0.350. The van der Waals surface area contributed by atoms with Crippen LogP contribution in [0.25, 0.3) is 0 Å². The van der Waals surface area contributed by atoms with Gasteiger partial charge in [-0.2, -0.15) is 0 Å². The predicted octanol–water partition coefficient (Wildman–Crippen LogP) is 3.56. The van der Waals surface area contributed by atoms with Crippen LogP contribution in [0.4, 0.5) is 5.69 Å². The van der Waals surface area contributed by atoms with Gasteiger partial charge in [-0.25, -0.2) is 0 Å². The van der Waals surface area contributed by atoms with Gasteiger partial charge in [0.2, 0.25) is 5.91 Å². The van der Waals surface area contributed by atoms with Crippen LogP contribution in [0.1, 0.15) is 16.7 Å². The summed E-state index contributed by atoms with van der Waals surface area (Å²) in [5.41, 5.74) is 4.37. The van der Waals surface area contributed by atoms with Crippen molar-refractivity contribution in [1.29, 1.82) is 0 Å². The van der Waals surface area contributed by atoms with Crippen molar-refractivity contribution in [3.8, 4) is 5.75 Å². The number of carbonyl (C=O) groups is 1. The molecule has 2 rings (SSSR count). The lowest BCUT2D eigenvalue weighted by molar-refractivity contribution is -0.117. The number of anilines is 1. The summed E-state index contributed by atoms with van der Waals surface area (Å²) in [5, 5.41) is 2.97. The van der Waals surface area contributed by atoms with Crippen LogP contribution in [0.3, 0.4) is 0 Å². The lowest BCUT2D eigenvalue weighted by Gasteiger charge is -2.17. The summed E-state index contributed by atoms with van der Waals surface area (Å²) in [6.45, 7) is 7.69. The van der Waals surface area contributed by atoms with Gasteiger partial charge < -0.3 is 10.1 Å². The fourth-order valence-corrected chi connectivity index (χ4v) is 2.35. The Bertz CT molecular complexity index is 681. The Morgan fingerprint density at radius 3 is 2.50 bits per heavy atom. The molecule has 1 N–H and O–H groups in total. The topological polar surface area (TPSA) is 41.6 Å². The minimum atomic E-state index is -0.0125. The minimum absolute atomic E-state index is 0.0125. The first kappa shape index (κ1) is 18.0. The van der Waals surface area contributed by atoms with Gasteiger partial charge in [0.05, 0.1) is 6.54 Å². The minimum Gasteiger partial charge on any atom is -0.492 e. The maximum atomic E-state index is 12.2. The number of amides is 1. The Balaban J connectivity index is 1.75. The number of aryl methyl sites for hydroxylation is 2. The maximum Gasteiger partial charge on any atom is 0.238 e. The second kappa shape index (κ2) is 8.50. The van der Waals surface area contributed by atoms with Crippen LogP contribution >= 0.6 is 0 Å². The predicted molar refractivity (Wildman–Crippen MR) is 98.7 cm³/mol. The zero-order valence-electron chi connectivity index (χ0n) is 14.9. The summed E-state index contributed by atoms with van der Waals surface area (Å²) >= 11 is 0. The highest BCUT2D eigenvalue weighted by molar-refractivity contribution is 5.93. The highest BCUT2D eigenvalue weighted by Gasteiger charge is 2.09. The van der Waals surface area contributed by atoms with Crippen molar-refractivity contribution in [3.63, 3.8) is 0 Å². The molecule has 0 saturated heterocycles. The molecular formula is C20H26N2O2.